The maximum Gasteiger partial charge on any atom is 0.143 e. The van der Waals surface area contributed by atoms with Crippen molar-refractivity contribution >= 4 is 11.0 Å². The van der Waals surface area contributed by atoms with Gasteiger partial charge in [0.2, 0.25) is 0 Å². The van der Waals surface area contributed by atoms with Crippen LogP contribution in [0.2, 0.25) is 0 Å². The summed E-state index contributed by atoms with van der Waals surface area (Å²) in [6.45, 7) is 4.06. The zero-order valence-corrected chi connectivity index (χ0v) is 11.2. The third-order valence-electron chi connectivity index (χ3n) is 3.15. The van der Waals surface area contributed by atoms with Crippen LogP contribution in [0.1, 0.15) is 19.9 Å². The molecule has 1 N–H and O–H groups in total. The van der Waals surface area contributed by atoms with Gasteiger partial charge in [-0.15, -0.1) is 0 Å². The first kappa shape index (κ1) is 12.6. The maximum atomic E-state index is 13.3. The molecule has 1 aromatic carbocycles. The van der Waals surface area contributed by atoms with Gasteiger partial charge >= 0.3 is 0 Å². The van der Waals surface area contributed by atoms with Crippen molar-refractivity contribution in [2.45, 2.75) is 19.9 Å². The van der Waals surface area contributed by atoms with Gasteiger partial charge in [-0.3, -0.25) is 4.98 Å². The molecule has 0 amide bonds. The Morgan fingerprint density at radius 2 is 2.00 bits per heavy atom. The molecule has 2 aromatic heterocycles. The van der Waals surface area contributed by atoms with Crippen LogP contribution in [-0.2, 0) is 0 Å². The minimum Gasteiger partial charge on any atom is -0.506 e. The molecule has 2 heterocycles. The van der Waals surface area contributed by atoms with Crippen molar-refractivity contribution in [2.75, 3.05) is 0 Å². The van der Waals surface area contributed by atoms with E-state index in [-0.39, 0.29) is 17.6 Å². The molecule has 0 saturated heterocycles. The molecule has 20 heavy (non-hydrogen) atoms. The van der Waals surface area contributed by atoms with Gasteiger partial charge in [0.25, 0.3) is 0 Å². The summed E-state index contributed by atoms with van der Waals surface area (Å²) in [5, 5.41) is 9.56. The smallest absolute Gasteiger partial charge is 0.143 e. The lowest BCUT2D eigenvalue weighted by Crippen LogP contribution is -2.03. The summed E-state index contributed by atoms with van der Waals surface area (Å²) >= 11 is 0. The Labute approximate surface area is 115 Å². The van der Waals surface area contributed by atoms with Crippen LogP contribution in [0.15, 0.2) is 36.7 Å². The molecule has 0 radical (unpaired) electrons. The Hall–Kier alpha value is -2.43. The molecular formula is C15H14FN3O. The molecule has 0 fully saturated rings. The van der Waals surface area contributed by atoms with Crippen LogP contribution < -0.4 is 0 Å². The normalized spacial score (nSPS) is 11.4. The Bertz CT molecular complexity index is 780. The highest BCUT2D eigenvalue weighted by atomic mass is 19.1. The molecule has 3 rings (SSSR count). The van der Waals surface area contributed by atoms with Crippen LogP contribution in [0.5, 0.6) is 5.75 Å². The fourth-order valence-corrected chi connectivity index (χ4v) is 2.35. The second-order valence-corrected chi connectivity index (χ2v) is 4.96. The van der Waals surface area contributed by atoms with Gasteiger partial charge in [0, 0.05) is 23.9 Å². The first-order valence-electron chi connectivity index (χ1n) is 6.38. The fraction of sp³-hybridized carbons (Fsp3) is 0.200. The van der Waals surface area contributed by atoms with E-state index in [0.29, 0.717) is 16.9 Å². The molecule has 0 bridgehead atoms. The summed E-state index contributed by atoms with van der Waals surface area (Å²) in [6, 6.07) is 6.31. The number of pyridine rings is 1. The molecule has 0 spiro atoms. The molecule has 102 valence electrons. The molecule has 0 aliphatic carbocycles. The maximum absolute atomic E-state index is 13.3. The SMILES string of the molecule is CC(C)n1c(-c2cncc(O)c2)nc2cc(F)ccc21. The first-order valence-corrected chi connectivity index (χ1v) is 6.38. The molecule has 0 saturated carbocycles. The van der Waals surface area contributed by atoms with Crippen LogP contribution in [0.4, 0.5) is 4.39 Å². The van der Waals surface area contributed by atoms with E-state index in [4.69, 9.17) is 0 Å². The Morgan fingerprint density at radius 1 is 1.20 bits per heavy atom. The van der Waals surface area contributed by atoms with Gasteiger partial charge in [-0.1, -0.05) is 0 Å². The monoisotopic (exact) mass is 271 g/mol. The van der Waals surface area contributed by atoms with E-state index in [1.165, 1.54) is 18.3 Å². The number of nitrogens with zero attached hydrogens (tertiary/aromatic N) is 3. The van der Waals surface area contributed by atoms with Gasteiger partial charge in [-0.25, -0.2) is 9.37 Å². The number of aromatic hydroxyl groups is 1. The summed E-state index contributed by atoms with van der Waals surface area (Å²) in [6.07, 6.45) is 3.00. The zero-order valence-electron chi connectivity index (χ0n) is 11.2. The average molecular weight is 271 g/mol. The van der Waals surface area contributed by atoms with Crippen molar-refractivity contribution in [3.8, 4) is 17.1 Å². The van der Waals surface area contributed by atoms with Gasteiger partial charge in [0.05, 0.1) is 17.2 Å². The molecule has 0 aliphatic heterocycles. The summed E-state index contributed by atoms with van der Waals surface area (Å²) in [7, 11) is 0. The van der Waals surface area contributed by atoms with Crippen molar-refractivity contribution in [2.24, 2.45) is 0 Å². The van der Waals surface area contributed by atoms with Crippen molar-refractivity contribution < 1.29 is 9.50 Å². The number of hydrogen-bond acceptors (Lipinski definition) is 3. The second kappa shape index (κ2) is 4.59. The summed E-state index contributed by atoms with van der Waals surface area (Å²) < 4.78 is 15.3. The van der Waals surface area contributed by atoms with Crippen molar-refractivity contribution in [1.82, 2.24) is 14.5 Å². The van der Waals surface area contributed by atoms with Gasteiger partial charge in [-0.05, 0) is 32.0 Å². The molecular weight excluding hydrogens is 257 g/mol. The highest BCUT2D eigenvalue weighted by Gasteiger charge is 2.15. The quantitative estimate of drug-likeness (QED) is 0.775. The number of rotatable bonds is 2. The van der Waals surface area contributed by atoms with Crippen LogP contribution in [0.3, 0.4) is 0 Å². The van der Waals surface area contributed by atoms with E-state index < -0.39 is 0 Å². The van der Waals surface area contributed by atoms with E-state index in [2.05, 4.69) is 9.97 Å². The van der Waals surface area contributed by atoms with E-state index >= 15 is 0 Å². The molecule has 4 nitrogen and oxygen atoms in total. The van der Waals surface area contributed by atoms with Gasteiger partial charge in [-0.2, -0.15) is 0 Å². The van der Waals surface area contributed by atoms with E-state index in [1.54, 1.807) is 18.3 Å². The van der Waals surface area contributed by atoms with Crippen LogP contribution in [0, 0.1) is 5.82 Å². The topological polar surface area (TPSA) is 50.9 Å². The molecule has 0 aliphatic rings. The molecule has 0 unspecified atom stereocenters. The summed E-state index contributed by atoms with van der Waals surface area (Å²) in [4.78, 5) is 8.45. The lowest BCUT2D eigenvalue weighted by molar-refractivity contribution is 0.473. The summed E-state index contributed by atoms with van der Waals surface area (Å²) in [5.74, 6) is 0.437. The minimum atomic E-state index is -0.313. The standard InChI is InChI=1S/C15H14FN3O/c1-9(2)19-14-4-3-11(16)6-13(14)18-15(19)10-5-12(20)8-17-7-10/h3-9,20H,1-2H3. The fourth-order valence-electron chi connectivity index (χ4n) is 2.35. The zero-order chi connectivity index (χ0) is 14.3. The van der Waals surface area contributed by atoms with Crippen molar-refractivity contribution in [3.05, 3.63) is 42.5 Å². The number of halogens is 1. The lowest BCUT2D eigenvalue weighted by atomic mass is 10.2. The van der Waals surface area contributed by atoms with E-state index in [9.17, 15) is 9.50 Å². The summed E-state index contributed by atoms with van der Waals surface area (Å²) in [5.41, 5.74) is 2.16. The lowest BCUT2D eigenvalue weighted by Gasteiger charge is -2.13. The average Bonchev–Trinajstić information content (AvgIpc) is 2.77. The highest BCUT2D eigenvalue weighted by molar-refractivity contribution is 5.81. The number of benzene rings is 1. The van der Waals surface area contributed by atoms with E-state index in [1.807, 2.05) is 18.4 Å². The largest absolute Gasteiger partial charge is 0.506 e. The molecule has 0 atom stereocenters. The molecule has 3 aromatic rings. The predicted molar refractivity (Wildman–Crippen MR) is 75.0 cm³/mol. The van der Waals surface area contributed by atoms with Crippen molar-refractivity contribution in [1.29, 1.82) is 0 Å². The Morgan fingerprint density at radius 3 is 2.70 bits per heavy atom. The van der Waals surface area contributed by atoms with Crippen molar-refractivity contribution in [3.63, 3.8) is 0 Å². The number of hydrogen-bond donors (Lipinski definition) is 1. The third-order valence-corrected chi connectivity index (χ3v) is 3.15. The predicted octanol–water partition coefficient (Wildman–Crippen LogP) is 3.52. The van der Waals surface area contributed by atoms with Gasteiger partial charge < -0.3 is 9.67 Å². The van der Waals surface area contributed by atoms with Gasteiger partial charge in [0.1, 0.15) is 17.4 Å². The van der Waals surface area contributed by atoms with Crippen LogP contribution in [0.25, 0.3) is 22.4 Å². The van der Waals surface area contributed by atoms with Gasteiger partial charge in [0.15, 0.2) is 0 Å². The first-order chi connectivity index (χ1) is 9.56. The van der Waals surface area contributed by atoms with E-state index in [0.717, 1.165) is 5.52 Å². The number of aromatic nitrogens is 3. The third kappa shape index (κ3) is 2.01. The van der Waals surface area contributed by atoms with Crippen LogP contribution in [-0.4, -0.2) is 19.6 Å². The molecule has 5 heteroatoms. The second-order valence-electron chi connectivity index (χ2n) is 4.96. The Kier molecular flexibility index (Phi) is 2.89. The number of imidazole rings is 1. The Balaban J connectivity index is 2.32. The van der Waals surface area contributed by atoms with Crippen LogP contribution >= 0.6 is 0 Å². The highest BCUT2D eigenvalue weighted by Crippen LogP contribution is 2.29. The minimum absolute atomic E-state index is 0.0797. The number of fused-ring (bicyclic) bond motifs is 1.